The third-order valence-corrected chi connectivity index (χ3v) is 7.10. The highest BCUT2D eigenvalue weighted by Crippen LogP contribution is 2.26. The fourth-order valence-corrected chi connectivity index (χ4v) is 4.94. The van der Waals surface area contributed by atoms with Crippen LogP contribution in [0.1, 0.15) is 21.5 Å². The van der Waals surface area contributed by atoms with Gasteiger partial charge in [-0.1, -0.05) is 41.4 Å². The van der Waals surface area contributed by atoms with Crippen LogP contribution >= 0.6 is 11.6 Å². The van der Waals surface area contributed by atoms with Gasteiger partial charge in [0.15, 0.2) is 6.61 Å². The molecule has 182 valence electrons. The van der Waals surface area contributed by atoms with Crippen molar-refractivity contribution in [3.05, 3.63) is 101 Å². The molecule has 1 amide bonds. The van der Waals surface area contributed by atoms with Crippen molar-refractivity contribution in [2.75, 3.05) is 22.8 Å². The van der Waals surface area contributed by atoms with Crippen LogP contribution in [0.2, 0.25) is 5.02 Å². The summed E-state index contributed by atoms with van der Waals surface area (Å²) in [5.41, 5.74) is 2.96. The summed E-state index contributed by atoms with van der Waals surface area (Å²) in [5.74, 6) is -1.33. The van der Waals surface area contributed by atoms with Crippen molar-refractivity contribution in [1.29, 1.82) is 0 Å². The topological polar surface area (TPSA) is 92.8 Å². The van der Waals surface area contributed by atoms with Gasteiger partial charge in [-0.3, -0.25) is 9.10 Å². The zero-order chi connectivity index (χ0) is 25.6. The Hall–Kier alpha value is -3.62. The number of carbonyl (C=O) groups excluding carboxylic acids is 2. The van der Waals surface area contributed by atoms with Gasteiger partial charge < -0.3 is 10.1 Å². The van der Waals surface area contributed by atoms with Crippen LogP contribution in [0, 0.1) is 13.8 Å². The number of rotatable bonds is 9. The number of halogens is 1. The van der Waals surface area contributed by atoms with Gasteiger partial charge in [0, 0.05) is 10.7 Å². The number of nitrogens with one attached hydrogen (secondary N) is 1. The Morgan fingerprint density at radius 3 is 2.43 bits per heavy atom. The lowest BCUT2D eigenvalue weighted by Crippen LogP contribution is -2.31. The first-order chi connectivity index (χ1) is 16.6. The van der Waals surface area contributed by atoms with Crippen molar-refractivity contribution in [2.24, 2.45) is 0 Å². The van der Waals surface area contributed by atoms with Crippen molar-refractivity contribution in [2.45, 2.75) is 18.7 Å². The number of hydrogen-bond acceptors (Lipinski definition) is 5. The van der Waals surface area contributed by atoms with Crippen molar-refractivity contribution in [3.8, 4) is 0 Å². The smallest absolute Gasteiger partial charge is 0.338 e. The summed E-state index contributed by atoms with van der Waals surface area (Å²) in [6, 6.07) is 17.3. The van der Waals surface area contributed by atoms with Crippen LogP contribution in [-0.2, 0) is 19.6 Å². The van der Waals surface area contributed by atoms with Gasteiger partial charge in [-0.25, -0.2) is 13.2 Å². The van der Waals surface area contributed by atoms with Crippen LogP contribution < -0.4 is 9.62 Å². The number of amides is 1. The lowest BCUT2D eigenvalue weighted by molar-refractivity contribution is -0.119. The maximum Gasteiger partial charge on any atom is 0.338 e. The first-order valence-corrected chi connectivity index (χ1v) is 12.5. The molecule has 1 N–H and O–H groups in total. The molecule has 3 aromatic carbocycles. The molecule has 0 bridgehead atoms. The van der Waals surface area contributed by atoms with Gasteiger partial charge in [-0.2, -0.15) is 0 Å². The van der Waals surface area contributed by atoms with Gasteiger partial charge in [-0.15, -0.1) is 6.58 Å². The van der Waals surface area contributed by atoms with Crippen molar-refractivity contribution >= 4 is 44.9 Å². The molecule has 0 aliphatic heterocycles. The number of anilines is 2. The predicted octanol–water partition coefficient (Wildman–Crippen LogP) is 5.13. The first-order valence-electron chi connectivity index (χ1n) is 10.7. The summed E-state index contributed by atoms with van der Waals surface area (Å²) in [7, 11) is -4.03. The molecule has 0 heterocycles. The molecule has 0 atom stereocenters. The third-order valence-electron chi connectivity index (χ3n) is 5.06. The minimum atomic E-state index is -4.03. The molecule has 0 aliphatic rings. The van der Waals surface area contributed by atoms with Gasteiger partial charge in [0.25, 0.3) is 15.9 Å². The van der Waals surface area contributed by atoms with E-state index in [4.69, 9.17) is 16.3 Å². The van der Waals surface area contributed by atoms with E-state index < -0.39 is 28.5 Å². The molecule has 0 aliphatic carbocycles. The fraction of sp³-hybridized carbons (Fsp3) is 0.154. The normalized spacial score (nSPS) is 10.9. The predicted molar refractivity (Wildman–Crippen MR) is 137 cm³/mol. The van der Waals surface area contributed by atoms with Crippen LogP contribution in [0.25, 0.3) is 0 Å². The molecule has 35 heavy (non-hydrogen) atoms. The van der Waals surface area contributed by atoms with E-state index in [0.29, 0.717) is 16.4 Å². The summed E-state index contributed by atoms with van der Waals surface area (Å²) in [4.78, 5) is 24.7. The van der Waals surface area contributed by atoms with E-state index in [1.807, 2.05) is 26.0 Å². The Bertz CT molecular complexity index is 1350. The van der Waals surface area contributed by atoms with Crippen molar-refractivity contribution < 1.29 is 22.7 Å². The minimum Gasteiger partial charge on any atom is -0.452 e. The van der Waals surface area contributed by atoms with Crippen molar-refractivity contribution in [3.63, 3.8) is 0 Å². The number of benzene rings is 3. The lowest BCUT2D eigenvalue weighted by Gasteiger charge is -2.23. The Balaban J connectivity index is 1.74. The van der Waals surface area contributed by atoms with E-state index >= 15 is 0 Å². The molecule has 0 aromatic heterocycles. The summed E-state index contributed by atoms with van der Waals surface area (Å²) >= 11 is 5.92. The number of esters is 1. The van der Waals surface area contributed by atoms with Gasteiger partial charge >= 0.3 is 5.97 Å². The molecule has 0 saturated heterocycles. The molecular formula is C26H25ClN2O5S. The maximum atomic E-state index is 13.3. The monoisotopic (exact) mass is 512 g/mol. The average Bonchev–Trinajstić information content (AvgIpc) is 2.83. The summed E-state index contributed by atoms with van der Waals surface area (Å²) in [6.45, 7) is 6.93. The molecule has 0 unspecified atom stereocenters. The number of carbonyl (C=O) groups is 2. The SMILES string of the molecule is C=CCN(c1ccc(Cl)cc1)S(=O)(=O)c1cccc(C(=O)OCC(=O)Nc2ccc(C)cc2C)c1. The molecule has 0 radical (unpaired) electrons. The minimum absolute atomic E-state index is 0.0000469. The highest BCUT2D eigenvalue weighted by atomic mass is 35.5. The van der Waals surface area contributed by atoms with Crippen LogP contribution in [0.15, 0.2) is 84.3 Å². The van der Waals surface area contributed by atoms with Crippen LogP contribution in [0.3, 0.4) is 0 Å². The maximum absolute atomic E-state index is 13.3. The number of ether oxygens (including phenoxy) is 1. The molecule has 3 aromatic rings. The summed E-state index contributed by atoms with van der Waals surface area (Å²) < 4.78 is 32.9. The fourth-order valence-electron chi connectivity index (χ4n) is 3.33. The number of aryl methyl sites for hydroxylation is 2. The average molecular weight is 513 g/mol. The Kier molecular flexibility index (Phi) is 8.32. The lowest BCUT2D eigenvalue weighted by atomic mass is 10.1. The van der Waals surface area contributed by atoms with Crippen LogP contribution in [-0.4, -0.2) is 33.4 Å². The van der Waals surface area contributed by atoms with Crippen molar-refractivity contribution in [1.82, 2.24) is 0 Å². The highest BCUT2D eigenvalue weighted by molar-refractivity contribution is 7.92. The first kappa shape index (κ1) is 26.0. The Labute approximate surface area is 210 Å². The second kappa shape index (κ2) is 11.2. The Morgan fingerprint density at radius 1 is 1.06 bits per heavy atom. The van der Waals surface area contributed by atoms with Crippen LogP contribution in [0.5, 0.6) is 0 Å². The van der Waals surface area contributed by atoms with E-state index in [9.17, 15) is 18.0 Å². The molecule has 0 spiro atoms. The van der Waals surface area contributed by atoms with Gasteiger partial charge in [-0.05, 0) is 67.9 Å². The molecule has 9 heteroatoms. The largest absolute Gasteiger partial charge is 0.452 e. The summed E-state index contributed by atoms with van der Waals surface area (Å²) in [6.07, 6.45) is 1.46. The molecular weight excluding hydrogens is 488 g/mol. The van der Waals surface area contributed by atoms with Gasteiger partial charge in [0.2, 0.25) is 0 Å². The highest BCUT2D eigenvalue weighted by Gasteiger charge is 2.25. The Morgan fingerprint density at radius 2 is 1.77 bits per heavy atom. The third kappa shape index (κ3) is 6.49. The standard InChI is InChI=1S/C26H25ClN2O5S/c1-4-14-29(22-11-9-21(27)10-12-22)35(32,33)23-7-5-6-20(16-23)26(31)34-17-25(30)28-24-13-8-18(2)15-19(24)3/h4-13,15-16H,1,14,17H2,2-3H3,(H,28,30). The number of hydrogen-bond donors (Lipinski definition) is 1. The van der Waals surface area contributed by atoms with E-state index in [-0.39, 0.29) is 17.0 Å². The molecule has 3 rings (SSSR count). The van der Waals surface area contributed by atoms with Gasteiger partial charge in [0.05, 0.1) is 22.7 Å². The zero-order valence-electron chi connectivity index (χ0n) is 19.3. The van der Waals surface area contributed by atoms with E-state index in [2.05, 4.69) is 11.9 Å². The molecule has 7 nitrogen and oxygen atoms in total. The molecule has 0 fully saturated rings. The van der Waals surface area contributed by atoms with Crippen LogP contribution in [0.4, 0.5) is 11.4 Å². The summed E-state index contributed by atoms with van der Waals surface area (Å²) in [5, 5.41) is 3.16. The quantitative estimate of drug-likeness (QED) is 0.317. The van der Waals surface area contributed by atoms with E-state index in [0.717, 1.165) is 15.4 Å². The number of nitrogens with zero attached hydrogens (tertiary/aromatic N) is 1. The number of sulfonamides is 1. The molecule has 0 saturated carbocycles. The second-order valence-electron chi connectivity index (χ2n) is 7.77. The zero-order valence-corrected chi connectivity index (χ0v) is 20.9. The van der Waals surface area contributed by atoms with Gasteiger partial charge in [0.1, 0.15) is 0 Å². The van der Waals surface area contributed by atoms with E-state index in [1.54, 1.807) is 30.3 Å². The van der Waals surface area contributed by atoms with E-state index in [1.165, 1.54) is 30.3 Å². The second-order valence-corrected chi connectivity index (χ2v) is 10.1.